The second-order valence-corrected chi connectivity index (χ2v) is 7.83. The number of nitrogens with one attached hydrogen (secondary N) is 3. The van der Waals surface area contributed by atoms with Gasteiger partial charge in [-0.15, -0.1) is 0 Å². The highest BCUT2D eigenvalue weighted by Gasteiger charge is 2.17. The van der Waals surface area contributed by atoms with Gasteiger partial charge in [0.25, 0.3) is 5.91 Å². The molecule has 0 radical (unpaired) electrons. The normalized spacial score (nSPS) is 10.4. The van der Waals surface area contributed by atoms with Crippen molar-refractivity contribution in [1.29, 1.82) is 0 Å². The molecule has 0 unspecified atom stereocenters. The van der Waals surface area contributed by atoms with Gasteiger partial charge < -0.3 is 20.5 Å². The van der Waals surface area contributed by atoms with E-state index in [9.17, 15) is 19.2 Å². The quantitative estimate of drug-likeness (QED) is 0.196. The van der Waals surface area contributed by atoms with Crippen LogP contribution in [0.4, 0.5) is 11.4 Å². The lowest BCUT2D eigenvalue weighted by Crippen LogP contribution is -2.33. The van der Waals surface area contributed by atoms with Gasteiger partial charge in [-0.25, -0.2) is 10.2 Å². The Bertz CT molecular complexity index is 1260. The van der Waals surface area contributed by atoms with Crippen molar-refractivity contribution in [3.8, 4) is 5.75 Å². The lowest BCUT2D eigenvalue weighted by atomic mass is 10.1. The van der Waals surface area contributed by atoms with E-state index in [1.165, 1.54) is 30.5 Å². The molecule has 0 aliphatic rings. The number of carbonyl (C=O) groups excluding carboxylic acids is 3. The number of carboxylic acid groups (broad SMARTS) is 1. The molecule has 3 rings (SSSR count). The van der Waals surface area contributed by atoms with Gasteiger partial charge in [0.05, 0.1) is 17.5 Å². The highest BCUT2D eigenvalue weighted by molar-refractivity contribution is 9.10. The first kappa shape index (κ1) is 25.1. The van der Waals surface area contributed by atoms with Gasteiger partial charge in [-0.05, 0) is 66.2 Å². The van der Waals surface area contributed by atoms with Crippen molar-refractivity contribution in [3.63, 3.8) is 0 Å². The van der Waals surface area contributed by atoms with Crippen molar-refractivity contribution in [2.24, 2.45) is 5.10 Å². The van der Waals surface area contributed by atoms with Crippen molar-refractivity contribution in [3.05, 3.63) is 88.4 Å². The molecular weight excluding hydrogens is 520 g/mol. The van der Waals surface area contributed by atoms with Crippen LogP contribution in [-0.2, 0) is 14.4 Å². The minimum atomic E-state index is -1.09. The van der Waals surface area contributed by atoms with E-state index in [1.54, 1.807) is 48.5 Å². The summed E-state index contributed by atoms with van der Waals surface area (Å²) >= 11 is 3.32. The first-order chi connectivity index (χ1) is 16.8. The van der Waals surface area contributed by atoms with E-state index in [0.29, 0.717) is 17.0 Å². The van der Waals surface area contributed by atoms with Crippen LogP contribution in [0.3, 0.4) is 0 Å². The van der Waals surface area contributed by atoms with Gasteiger partial charge in [0.15, 0.2) is 6.61 Å². The number of para-hydroxylation sites is 1. The summed E-state index contributed by atoms with van der Waals surface area (Å²) in [6.07, 6.45) is 1.30. The van der Waals surface area contributed by atoms with Gasteiger partial charge in [-0.2, -0.15) is 5.10 Å². The van der Waals surface area contributed by atoms with E-state index >= 15 is 0 Å². The third-order valence-electron chi connectivity index (χ3n) is 4.35. The summed E-state index contributed by atoms with van der Waals surface area (Å²) in [7, 11) is 0. The van der Waals surface area contributed by atoms with Crippen LogP contribution >= 0.6 is 15.9 Å². The number of anilines is 2. The van der Waals surface area contributed by atoms with Crippen molar-refractivity contribution < 1.29 is 29.0 Å². The number of nitrogens with zero attached hydrogens (tertiary/aromatic N) is 1. The zero-order chi connectivity index (χ0) is 25.2. The zero-order valence-electron chi connectivity index (χ0n) is 18.0. The summed E-state index contributed by atoms with van der Waals surface area (Å²) in [4.78, 5) is 47.6. The Morgan fingerprint density at radius 2 is 1.57 bits per heavy atom. The third kappa shape index (κ3) is 7.79. The SMILES string of the molecule is O=C(O)COc1ccc(/C=N\NC(=O)C(=O)Nc2ccccc2C(=O)Nc2ccc(Br)cc2)cc1. The Labute approximate surface area is 208 Å². The number of hydrogen-bond acceptors (Lipinski definition) is 6. The number of halogens is 1. The number of carboxylic acids is 1. The number of hydrogen-bond donors (Lipinski definition) is 4. The van der Waals surface area contributed by atoms with Gasteiger partial charge in [0.2, 0.25) is 0 Å². The maximum atomic E-state index is 12.7. The van der Waals surface area contributed by atoms with Crippen molar-refractivity contribution in [1.82, 2.24) is 5.43 Å². The number of benzene rings is 3. The lowest BCUT2D eigenvalue weighted by Gasteiger charge is -2.11. The van der Waals surface area contributed by atoms with E-state index in [0.717, 1.165) is 4.47 Å². The van der Waals surface area contributed by atoms with E-state index < -0.39 is 30.3 Å². The third-order valence-corrected chi connectivity index (χ3v) is 4.88. The molecule has 178 valence electrons. The molecule has 0 aliphatic heterocycles. The van der Waals surface area contributed by atoms with Gasteiger partial charge in [0, 0.05) is 10.2 Å². The molecular formula is C24H19BrN4O6. The molecule has 0 heterocycles. The first-order valence-electron chi connectivity index (χ1n) is 10.1. The molecule has 0 saturated heterocycles. The molecule has 3 aromatic carbocycles. The number of hydrazone groups is 1. The molecule has 0 atom stereocenters. The summed E-state index contributed by atoms with van der Waals surface area (Å²) < 4.78 is 5.88. The van der Waals surface area contributed by atoms with Crippen LogP contribution in [0.25, 0.3) is 0 Å². The monoisotopic (exact) mass is 538 g/mol. The summed E-state index contributed by atoms with van der Waals surface area (Å²) in [6, 6.07) is 19.5. The molecule has 0 fully saturated rings. The predicted molar refractivity (Wildman–Crippen MR) is 132 cm³/mol. The molecule has 11 heteroatoms. The van der Waals surface area contributed by atoms with Crippen molar-refractivity contribution in [2.75, 3.05) is 17.2 Å². The van der Waals surface area contributed by atoms with Crippen molar-refractivity contribution in [2.45, 2.75) is 0 Å². The van der Waals surface area contributed by atoms with E-state index in [-0.39, 0.29) is 11.3 Å². The molecule has 0 aromatic heterocycles. The average molecular weight is 539 g/mol. The van der Waals surface area contributed by atoms with E-state index in [2.05, 4.69) is 37.1 Å². The molecule has 0 aliphatic carbocycles. The number of ether oxygens (including phenoxy) is 1. The molecule has 0 saturated carbocycles. The molecule has 35 heavy (non-hydrogen) atoms. The summed E-state index contributed by atoms with van der Waals surface area (Å²) in [5, 5.41) is 17.5. The van der Waals surface area contributed by atoms with Crippen LogP contribution in [0.15, 0.2) is 82.4 Å². The Balaban J connectivity index is 1.56. The first-order valence-corrected chi connectivity index (χ1v) is 10.9. The smallest absolute Gasteiger partial charge is 0.341 e. The molecule has 3 aromatic rings. The maximum absolute atomic E-state index is 12.7. The Morgan fingerprint density at radius 1 is 0.886 bits per heavy atom. The van der Waals surface area contributed by atoms with Crippen molar-refractivity contribution >= 4 is 57.2 Å². The minimum Gasteiger partial charge on any atom is -0.482 e. The van der Waals surface area contributed by atoms with E-state index in [1.807, 2.05) is 0 Å². The van der Waals surface area contributed by atoms with E-state index in [4.69, 9.17) is 9.84 Å². The summed E-state index contributed by atoms with van der Waals surface area (Å²) in [6.45, 7) is -0.465. The average Bonchev–Trinajstić information content (AvgIpc) is 2.85. The van der Waals surface area contributed by atoms with Gasteiger partial charge in [-0.3, -0.25) is 14.4 Å². The maximum Gasteiger partial charge on any atom is 0.341 e. The second kappa shape index (κ2) is 12.1. The number of carbonyl (C=O) groups is 4. The highest BCUT2D eigenvalue weighted by atomic mass is 79.9. The molecule has 0 bridgehead atoms. The zero-order valence-corrected chi connectivity index (χ0v) is 19.6. The van der Waals surface area contributed by atoms with Gasteiger partial charge >= 0.3 is 17.8 Å². The van der Waals surface area contributed by atoms with Crippen LogP contribution in [0.1, 0.15) is 15.9 Å². The van der Waals surface area contributed by atoms with Crippen LogP contribution < -0.4 is 20.8 Å². The van der Waals surface area contributed by atoms with Crippen LogP contribution in [-0.4, -0.2) is 41.6 Å². The van der Waals surface area contributed by atoms with Gasteiger partial charge in [0.1, 0.15) is 5.75 Å². The molecule has 3 amide bonds. The number of aliphatic carboxylic acids is 1. The number of amides is 3. The fourth-order valence-electron chi connectivity index (χ4n) is 2.71. The Hall–Kier alpha value is -4.51. The summed E-state index contributed by atoms with van der Waals surface area (Å²) in [5.74, 6) is -3.24. The lowest BCUT2D eigenvalue weighted by molar-refractivity contribution is -0.139. The largest absolute Gasteiger partial charge is 0.482 e. The van der Waals surface area contributed by atoms with Crippen LogP contribution in [0.5, 0.6) is 5.75 Å². The van der Waals surface area contributed by atoms with Gasteiger partial charge in [-0.1, -0.05) is 28.1 Å². The Kier molecular flexibility index (Phi) is 8.68. The molecule has 10 nitrogen and oxygen atoms in total. The highest BCUT2D eigenvalue weighted by Crippen LogP contribution is 2.19. The minimum absolute atomic E-state index is 0.156. The second-order valence-electron chi connectivity index (χ2n) is 6.91. The standard InChI is InChI=1S/C24H19BrN4O6/c25-16-7-9-17(10-8-16)27-22(32)19-3-1-2-4-20(19)28-23(33)24(34)29-26-13-15-5-11-18(12-6-15)35-14-21(30)31/h1-13H,14H2,(H,27,32)(H,28,33)(H,29,34)(H,30,31)/b26-13-. The number of rotatable bonds is 8. The summed E-state index contributed by atoms with van der Waals surface area (Å²) in [5.41, 5.74) is 3.57. The Morgan fingerprint density at radius 3 is 2.26 bits per heavy atom. The predicted octanol–water partition coefficient (Wildman–Crippen LogP) is 3.25. The molecule has 0 spiro atoms. The fraction of sp³-hybridized carbons (Fsp3) is 0.0417. The topological polar surface area (TPSA) is 146 Å². The van der Waals surface area contributed by atoms with Crippen LogP contribution in [0, 0.1) is 0 Å². The fourth-order valence-corrected chi connectivity index (χ4v) is 2.98. The molecule has 4 N–H and O–H groups in total. The van der Waals surface area contributed by atoms with Crippen LogP contribution in [0.2, 0.25) is 0 Å².